The molecule has 230 valence electrons. The minimum Gasteiger partial charge on any atom is -0.493 e. The molecule has 0 saturated carbocycles. The van der Waals surface area contributed by atoms with Crippen molar-refractivity contribution in [3.8, 4) is 5.75 Å². The average Bonchev–Trinajstić information content (AvgIpc) is 2.96. The standard InChI is InChI=1S/C33H42N4O6/c1-21-19-23(25-9-7-8-10-27(25)34-21)16-18-42-24-13-11-22(12-14-24)29(38)35-28-20-37(17-15-26(28)30(39)36-41)33(5,6)31(40)43-32(2,3)4/h7-14,19,26,28,41H,15-18,20H2,1-6H3,(H,35,38)(H,36,39). The summed E-state index contributed by atoms with van der Waals surface area (Å²) in [6.45, 7) is 12.0. The number of hydroxylamine groups is 1. The van der Waals surface area contributed by atoms with E-state index in [1.807, 2.05) is 50.8 Å². The van der Waals surface area contributed by atoms with Gasteiger partial charge in [-0.3, -0.25) is 29.5 Å². The van der Waals surface area contributed by atoms with E-state index in [1.165, 1.54) is 0 Å². The largest absolute Gasteiger partial charge is 0.493 e. The van der Waals surface area contributed by atoms with E-state index in [0.29, 0.717) is 37.3 Å². The average molecular weight is 591 g/mol. The van der Waals surface area contributed by atoms with Crippen LogP contribution in [0.5, 0.6) is 5.75 Å². The van der Waals surface area contributed by atoms with Crippen LogP contribution in [0, 0.1) is 12.8 Å². The molecule has 43 heavy (non-hydrogen) atoms. The van der Waals surface area contributed by atoms with Gasteiger partial charge in [-0.2, -0.15) is 0 Å². The van der Waals surface area contributed by atoms with Gasteiger partial charge in [0, 0.05) is 36.2 Å². The summed E-state index contributed by atoms with van der Waals surface area (Å²) < 4.78 is 11.6. The van der Waals surface area contributed by atoms with Crippen molar-refractivity contribution >= 4 is 28.7 Å². The van der Waals surface area contributed by atoms with Crippen molar-refractivity contribution in [3.05, 3.63) is 71.4 Å². The first-order valence-electron chi connectivity index (χ1n) is 14.6. The van der Waals surface area contributed by atoms with E-state index in [0.717, 1.165) is 22.2 Å². The van der Waals surface area contributed by atoms with E-state index < -0.39 is 35.0 Å². The van der Waals surface area contributed by atoms with Crippen LogP contribution in [-0.4, -0.2) is 69.8 Å². The van der Waals surface area contributed by atoms with E-state index >= 15 is 0 Å². The third kappa shape index (κ3) is 7.88. The van der Waals surface area contributed by atoms with Gasteiger partial charge in [0.2, 0.25) is 5.91 Å². The topological polar surface area (TPSA) is 130 Å². The summed E-state index contributed by atoms with van der Waals surface area (Å²) in [4.78, 5) is 45.2. The lowest BCUT2D eigenvalue weighted by Crippen LogP contribution is -2.63. The van der Waals surface area contributed by atoms with Crippen LogP contribution in [0.25, 0.3) is 10.9 Å². The van der Waals surface area contributed by atoms with E-state index in [9.17, 15) is 19.6 Å². The molecule has 1 aromatic heterocycles. The highest BCUT2D eigenvalue weighted by molar-refractivity contribution is 5.95. The van der Waals surface area contributed by atoms with Crippen molar-refractivity contribution in [2.75, 3.05) is 19.7 Å². The van der Waals surface area contributed by atoms with Crippen LogP contribution < -0.4 is 15.5 Å². The molecule has 3 N–H and O–H groups in total. The minimum absolute atomic E-state index is 0.223. The lowest BCUT2D eigenvalue weighted by Gasteiger charge is -2.45. The summed E-state index contributed by atoms with van der Waals surface area (Å²) >= 11 is 0. The molecule has 1 aliphatic rings. The smallest absolute Gasteiger partial charge is 0.326 e. The van der Waals surface area contributed by atoms with Crippen molar-refractivity contribution in [1.29, 1.82) is 0 Å². The number of benzene rings is 2. The Balaban J connectivity index is 1.39. The number of carbonyl (C=O) groups excluding carboxylic acids is 3. The fourth-order valence-corrected chi connectivity index (χ4v) is 5.37. The number of amides is 2. The zero-order valence-corrected chi connectivity index (χ0v) is 25.8. The highest BCUT2D eigenvalue weighted by Crippen LogP contribution is 2.28. The molecule has 1 saturated heterocycles. The van der Waals surface area contributed by atoms with Crippen LogP contribution in [0.3, 0.4) is 0 Å². The van der Waals surface area contributed by atoms with Gasteiger partial charge in [0.05, 0.1) is 24.1 Å². The predicted octanol–water partition coefficient (Wildman–Crippen LogP) is 4.21. The Hall–Kier alpha value is -4.02. The second-order valence-electron chi connectivity index (χ2n) is 12.5. The number of piperidine rings is 1. The molecule has 2 aromatic carbocycles. The molecule has 2 unspecified atom stereocenters. The van der Waals surface area contributed by atoms with Gasteiger partial charge in [-0.25, -0.2) is 5.48 Å². The van der Waals surface area contributed by atoms with E-state index in [1.54, 1.807) is 43.6 Å². The molecule has 0 radical (unpaired) electrons. The quantitative estimate of drug-likeness (QED) is 0.192. The Morgan fingerprint density at radius 1 is 1.05 bits per heavy atom. The lowest BCUT2D eigenvalue weighted by atomic mass is 9.87. The first-order valence-corrected chi connectivity index (χ1v) is 14.6. The van der Waals surface area contributed by atoms with Crippen molar-refractivity contribution in [2.45, 2.75) is 71.6 Å². The monoisotopic (exact) mass is 590 g/mol. The maximum absolute atomic E-state index is 13.3. The number of carbonyl (C=O) groups is 3. The van der Waals surface area contributed by atoms with Crippen molar-refractivity contribution in [2.24, 2.45) is 5.92 Å². The zero-order chi connectivity index (χ0) is 31.4. The summed E-state index contributed by atoms with van der Waals surface area (Å²) in [6.07, 6.45) is 1.04. The number of nitrogens with zero attached hydrogens (tertiary/aromatic N) is 2. The fraction of sp³-hybridized carbons (Fsp3) is 0.455. The van der Waals surface area contributed by atoms with Crippen LogP contribution in [-0.2, 0) is 20.7 Å². The normalized spacial score (nSPS) is 17.7. The summed E-state index contributed by atoms with van der Waals surface area (Å²) in [5.74, 6) is -1.39. The molecule has 10 heteroatoms. The number of fused-ring (bicyclic) bond motifs is 1. The van der Waals surface area contributed by atoms with Crippen molar-refractivity contribution in [3.63, 3.8) is 0 Å². The van der Waals surface area contributed by atoms with Gasteiger partial charge in [-0.15, -0.1) is 0 Å². The summed E-state index contributed by atoms with van der Waals surface area (Å²) in [5, 5.41) is 13.4. The Morgan fingerprint density at radius 2 is 1.74 bits per heavy atom. The second-order valence-corrected chi connectivity index (χ2v) is 12.5. The number of hydrogen-bond acceptors (Lipinski definition) is 8. The molecule has 0 spiro atoms. The first kappa shape index (κ1) is 31.9. The molecule has 1 aliphatic heterocycles. The molecule has 2 amide bonds. The SMILES string of the molecule is Cc1cc(CCOc2ccc(C(=O)NC3CN(C(C)(C)C(=O)OC(C)(C)C)CCC3C(=O)NO)cc2)c2ccccc2n1. The lowest BCUT2D eigenvalue weighted by molar-refractivity contribution is -0.169. The minimum atomic E-state index is -0.989. The molecule has 1 fully saturated rings. The number of pyridine rings is 1. The number of esters is 1. The molecule has 10 nitrogen and oxygen atoms in total. The fourth-order valence-electron chi connectivity index (χ4n) is 5.37. The van der Waals surface area contributed by atoms with Crippen LogP contribution in [0.4, 0.5) is 0 Å². The Morgan fingerprint density at radius 3 is 2.42 bits per heavy atom. The molecule has 4 rings (SSSR count). The number of para-hydroxylation sites is 1. The van der Waals surface area contributed by atoms with Gasteiger partial charge >= 0.3 is 5.97 Å². The van der Waals surface area contributed by atoms with E-state index in [4.69, 9.17) is 9.47 Å². The number of aromatic nitrogens is 1. The van der Waals surface area contributed by atoms with Gasteiger partial charge in [-0.05, 0) is 89.9 Å². The number of aryl methyl sites for hydroxylation is 1. The van der Waals surface area contributed by atoms with Gasteiger partial charge in [0.1, 0.15) is 16.9 Å². The van der Waals surface area contributed by atoms with Crippen LogP contribution in [0.2, 0.25) is 0 Å². The van der Waals surface area contributed by atoms with Gasteiger partial charge in [0.15, 0.2) is 0 Å². The van der Waals surface area contributed by atoms with Gasteiger partial charge < -0.3 is 14.8 Å². The second kappa shape index (κ2) is 13.1. The maximum atomic E-state index is 13.3. The number of ether oxygens (including phenoxy) is 2. The number of nitrogens with one attached hydrogen (secondary N) is 2. The molecule has 3 aromatic rings. The maximum Gasteiger partial charge on any atom is 0.326 e. The first-order chi connectivity index (χ1) is 20.3. The zero-order valence-electron chi connectivity index (χ0n) is 25.8. The molecule has 2 heterocycles. The summed E-state index contributed by atoms with van der Waals surface area (Å²) in [6, 6.07) is 16.3. The predicted molar refractivity (Wildman–Crippen MR) is 163 cm³/mol. The number of rotatable bonds is 9. The van der Waals surface area contributed by atoms with Crippen LogP contribution >= 0.6 is 0 Å². The highest BCUT2D eigenvalue weighted by Gasteiger charge is 2.44. The molecule has 2 atom stereocenters. The number of hydrogen-bond donors (Lipinski definition) is 3. The Kier molecular flexibility index (Phi) is 9.72. The third-order valence-electron chi connectivity index (χ3n) is 7.75. The van der Waals surface area contributed by atoms with Crippen LogP contribution in [0.1, 0.15) is 62.7 Å². The van der Waals surface area contributed by atoms with Crippen LogP contribution in [0.15, 0.2) is 54.6 Å². The molecule has 0 bridgehead atoms. The Bertz CT molecular complexity index is 1460. The third-order valence-corrected chi connectivity index (χ3v) is 7.75. The highest BCUT2D eigenvalue weighted by atomic mass is 16.6. The van der Waals surface area contributed by atoms with E-state index in [-0.39, 0.29) is 12.5 Å². The summed E-state index contributed by atoms with van der Waals surface area (Å²) in [7, 11) is 0. The summed E-state index contributed by atoms with van der Waals surface area (Å²) in [5.41, 5.74) is 3.55. The van der Waals surface area contributed by atoms with Gasteiger partial charge in [-0.1, -0.05) is 18.2 Å². The number of likely N-dealkylation sites (tertiary alicyclic amines) is 1. The van der Waals surface area contributed by atoms with E-state index in [2.05, 4.69) is 22.4 Å². The molecule has 0 aliphatic carbocycles. The molecular formula is C33H42N4O6. The Labute approximate surface area is 252 Å². The van der Waals surface area contributed by atoms with Crippen molar-refractivity contribution in [1.82, 2.24) is 20.7 Å². The van der Waals surface area contributed by atoms with Gasteiger partial charge in [0.25, 0.3) is 5.91 Å². The van der Waals surface area contributed by atoms with Crippen molar-refractivity contribution < 1.29 is 29.1 Å². The molecular weight excluding hydrogens is 548 g/mol.